The van der Waals surface area contributed by atoms with E-state index in [-0.39, 0.29) is 11.1 Å². The molecule has 2 aromatic rings. The van der Waals surface area contributed by atoms with Crippen LogP contribution in [0.3, 0.4) is 0 Å². The Kier molecular flexibility index (Phi) is 1.03. The maximum absolute atomic E-state index is 11.0. The van der Waals surface area contributed by atoms with Crippen molar-refractivity contribution < 1.29 is 0 Å². The van der Waals surface area contributed by atoms with Gasteiger partial charge in [-0.1, -0.05) is 5.21 Å². The quantitative estimate of drug-likeness (QED) is 0.526. The molecule has 0 atom stereocenters. The van der Waals surface area contributed by atoms with Gasteiger partial charge in [0, 0.05) is 7.05 Å². The summed E-state index contributed by atoms with van der Waals surface area (Å²) in [5.41, 5.74) is 0.506. The Hall–Kier alpha value is -1.72. The molecule has 6 nitrogen and oxygen atoms in total. The number of nitrogens with one attached hydrogen (secondary N) is 1. The molecule has 0 aliphatic rings. The second-order valence-electron chi connectivity index (χ2n) is 2.12. The predicted molar refractivity (Wildman–Crippen MR) is 36.9 cm³/mol. The summed E-state index contributed by atoms with van der Waals surface area (Å²) >= 11 is 0. The maximum Gasteiger partial charge on any atom is 0.280 e. The van der Waals surface area contributed by atoms with Gasteiger partial charge < -0.3 is 4.98 Å². The van der Waals surface area contributed by atoms with Crippen molar-refractivity contribution >= 4 is 11.2 Å². The fourth-order valence-corrected chi connectivity index (χ4v) is 0.864. The van der Waals surface area contributed by atoms with Gasteiger partial charge in [0.15, 0.2) is 11.2 Å². The molecule has 2 rings (SSSR count). The van der Waals surface area contributed by atoms with E-state index < -0.39 is 0 Å². The number of hydrogen-bond donors (Lipinski definition) is 1. The third-order valence-corrected chi connectivity index (χ3v) is 1.39. The minimum Gasteiger partial charge on any atom is -0.311 e. The van der Waals surface area contributed by atoms with Crippen LogP contribution < -0.4 is 5.56 Å². The fraction of sp³-hybridized carbons (Fsp3) is 0.200. The first-order valence-corrected chi connectivity index (χ1v) is 3.02. The summed E-state index contributed by atoms with van der Waals surface area (Å²) in [4.78, 5) is 17.3. The summed E-state index contributed by atoms with van der Waals surface area (Å²) in [5.74, 6) is 0. The molecule has 0 aliphatic carbocycles. The van der Waals surface area contributed by atoms with Gasteiger partial charge >= 0.3 is 0 Å². The van der Waals surface area contributed by atoms with Crippen LogP contribution in [0.4, 0.5) is 0 Å². The topological polar surface area (TPSA) is 76.5 Å². The standard InChI is InChI=1S/C5H5N5O/c1-10-4-3(8-9-10)5(11)7-2-6-4/h2H,1H3,(H,6,7,11). The Morgan fingerprint density at radius 2 is 2.45 bits per heavy atom. The Morgan fingerprint density at radius 3 is 3.18 bits per heavy atom. The van der Waals surface area contributed by atoms with Gasteiger partial charge in [-0.3, -0.25) is 4.79 Å². The number of fused-ring (bicyclic) bond motifs is 1. The van der Waals surface area contributed by atoms with Crippen LogP contribution in [0.1, 0.15) is 0 Å². The van der Waals surface area contributed by atoms with Crippen LogP contribution in [0.2, 0.25) is 0 Å². The molecule has 6 heteroatoms. The molecule has 2 heterocycles. The van der Waals surface area contributed by atoms with Crippen LogP contribution in [0, 0.1) is 0 Å². The smallest absolute Gasteiger partial charge is 0.280 e. The third kappa shape index (κ3) is 0.721. The monoisotopic (exact) mass is 151 g/mol. The van der Waals surface area contributed by atoms with E-state index in [0.717, 1.165) is 0 Å². The second kappa shape index (κ2) is 1.88. The predicted octanol–water partition coefficient (Wildman–Crippen LogP) is -0.948. The van der Waals surface area contributed by atoms with Crippen molar-refractivity contribution in [2.45, 2.75) is 0 Å². The highest BCUT2D eigenvalue weighted by molar-refractivity contribution is 5.67. The molecule has 0 radical (unpaired) electrons. The average molecular weight is 151 g/mol. The van der Waals surface area contributed by atoms with Crippen molar-refractivity contribution in [2.24, 2.45) is 7.05 Å². The molecule has 1 N–H and O–H groups in total. The zero-order valence-electron chi connectivity index (χ0n) is 5.77. The Bertz CT molecular complexity index is 441. The van der Waals surface area contributed by atoms with E-state index in [1.807, 2.05) is 0 Å². The normalized spacial score (nSPS) is 10.6. The number of aromatic amines is 1. The van der Waals surface area contributed by atoms with E-state index >= 15 is 0 Å². The summed E-state index contributed by atoms with van der Waals surface area (Å²) in [6.45, 7) is 0. The van der Waals surface area contributed by atoms with Crippen LogP contribution in [-0.2, 0) is 7.05 Å². The molecule has 2 aromatic heterocycles. The van der Waals surface area contributed by atoms with E-state index in [1.165, 1.54) is 11.0 Å². The lowest BCUT2D eigenvalue weighted by atomic mass is 10.5. The lowest BCUT2D eigenvalue weighted by Crippen LogP contribution is -2.06. The van der Waals surface area contributed by atoms with Crippen LogP contribution >= 0.6 is 0 Å². The zero-order chi connectivity index (χ0) is 7.84. The SMILES string of the molecule is Cn1nnc2c(=O)[nH]cnc21. The number of aromatic nitrogens is 5. The Balaban J connectivity index is 3.06. The molecule has 0 saturated carbocycles. The summed E-state index contributed by atoms with van der Waals surface area (Å²) in [5, 5.41) is 7.27. The first-order chi connectivity index (χ1) is 5.29. The van der Waals surface area contributed by atoms with Crippen molar-refractivity contribution in [1.29, 1.82) is 0 Å². The van der Waals surface area contributed by atoms with Gasteiger partial charge in [-0.25, -0.2) is 9.67 Å². The molecule has 0 aliphatic heterocycles. The summed E-state index contributed by atoms with van der Waals surface area (Å²) < 4.78 is 1.45. The van der Waals surface area contributed by atoms with Crippen molar-refractivity contribution in [3.05, 3.63) is 16.7 Å². The number of aryl methyl sites for hydroxylation is 1. The number of hydrogen-bond acceptors (Lipinski definition) is 4. The van der Waals surface area contributed by atoms with Crippen molar-refractivity contribution in [3.63, 3.8) is 0 Å². The van der Waals surface area contributed by atoms with Gasteiger partial charge in [-0.05, 0) is 0 Å². The highest BCUT2D eigenvalue weighted by Crippen LogP contribution is 1.96. The molecule has 0 fully saturated rings. The molecule has 0 saturated heterocycles. The number of nitrogens with zero attached hydrogens (tertiary/aromatic N) is 4. The van der Waals surface area contributed by atoms with Crippen LogP contribution in [0.15, 0.2) is 11.1 Å². The number of H-pyrrole nitrogens is 1. The summed E-state index contributed by atoms with van der Waals surface area (Å²) in [6.07, 6.45) is 1.33. The highest BCUT2D eigenvalue weighted by Gasteiger charge is 2.04. The largest absolute Gasteiger partial charge is 0.311 e. The molecule has 11 heavy (non-hydrogen) atoms. The molecular formula is C5H5N5O. The van der Waals surface area contributed by atoms with Crippen LogP contribution in [0.5, 0.6) is 0 Å². The zero-order valence-corrected chi connectivity index (χ0v) is 5.77. The van der Waals surface area contributed by atoms with E-state index in [1.54, 1.807) is 7.05 Å². The molecule has 0 spiro atoms. The van der Waals surface area contributed by atoms with E-state index in [4.69, 9.17) is 0 Å². The minimum atomic E-state index is -0.261. The fourth-order valence-electron chi connectivity index (χ4n) is 0.864. The van der Waals surface area contributed by atoms with Crippen LogP contribution in [-0.4, -0.2) is 25.0 Å². The third-order valence-electron chi connectivity index (χ3n) is 1.39. The highest BCUT2D eigenvalue weighted by atomic mass is 16.1. The Morgan fingerprint density at radius 1 is 1.64 bits per heavy atom. The molecule has 0 amide bonds. The van der Waals surface area contributed by atoms with Gasteiger partial charge in [0.25, 0.3) is 5.56 Å². The lowest BCUT2D eigenvalue weighted by molar-refractivity contribution is 0.729. The molecule has 0 unspecified atom stereocenters. The van der Waals surface area contributed by atoms with E-state index in [9.17, 15) is 4.79 Å². The average Bonchev–Trinajstić information content (AvgIpc) is 2.35. The minimum absolute atomic E-state index is 0.261. The van der Waals surface area contributed by atoms with Gasteiger partial charge in [0.05, 0.1) is 6.33 Å². The summed E-state index contributed by atoms with van der Waals surface area (Å²) in [7, 11) is 1.68. The van der Waals surface area contributed by atoms with Crippen molar-refractivity contribution in [3.8, 4) is 0 Å². The van der Waals surface area contributed by atoms with Crippen LogP contribution in [0.25, 0.3) is 11.2 Å². The van der Waals surface area contributed by atoms with E-state index in [2.05, 4.69) is 20.3 Å². The van der Waals surface area contributed by atoms with Crippen molar-refractivity contribution in [2.75, 3.05) is 0 Å². The van der Waals surface area contributed by atoms with Gasteiger partial charge in [-0.15, -0.1) is 5.10 Å². The van der Waals surface area contributed by atoms with Gasteiger partial charge in [0.2, 0.25) is 0 Å². The summed E-state index contributed by atoms with van der Waals surface area (Å²) in [6, 6.07) is 0. The van der Waals surface area contributed by atoms with Gasteiger partial charge in [0.1, 0.15) is 0 Å². The van der Waals surface area contributed by atoms with Crippen molar-refractivity contribution in [1.82, 2.24) is 25.0 Å². The molecular weight excluding hydrogens is 146 g/mol. The molecule has 0 bridgehead atoms. The molecule has 56 valence electrons. The van der Waals surface area contributed by atoms with E-state index in [0.29, 0.717) is 5.65 Å². The molecule has 0 aromatic carbocycles. The second-order valence-corrected chi connectivity index (χ2v) is 2.12. The first-order valence-electron chi connectivity index (χ1n) is 3.02. The maximum atomic E-state index is 11.0. The Labute approximate surface area is 60.9 Å². The lowest BCUT2D eigenvalue weighted by Gasteiger charge is -1.86. The number of rotatable bonds is 0. The van der Waals surface area contributed by atoms with Gasteiger partial charge in [-0.2, -0.15) is 0 Å². The first kappa shape index (κ1) is 6.02.